The zero-order valence-corrected chi connectivity index (χ0v) is 15.9. The molecule has 2 aromatic rings. The molecule has 4 heteroatoms. The second-order valence-electron chi connectivity index (χ2n) is 7.37. The third kappa shape index (κ3) is 6.47. The number of likely N-dealkylation sites (tertiary alicyclic amines) is 1. The first-order chi connectivity index (χ1) is 13.2. The molecule has 1 aliphatic rings. The Morgan fingerprint density at radius 2 is 1.59 bits per heavy atom. The van der Waals surface area contributed by atoms with Crippen molar-refractivity contribution in [2.45, 2.75) is 51.6 Å². The summed E-state index contributed by atoms with van der Waals surface area (Å²) in [4.78, 5) is 14.6. The maximum Gasteiger partial charge on any atom is 0.220 e. The van der Waals surface area contributed by atoms with Gasteiger partial charge in [-0.2, -0.15) is 0 Å². The molecule has 3 nitrogen and oxygen atoms in total. The van der Waals surface area contributed by atoms with Crippen molar-refractivity contribution >= 4 is 5.91 Å². The number of amides is 1. The van der Waals surface area contributed by atoms with Gasteiger partial charge in [0.15, 0.2) is 0 Å². The van der Waals surface area contributed by atoms with E-state index in [0.717, 1.165) is 12.1 Å². The molecule has 1 N–H and O–H groups in total. The van der Waals surface area contributed by atoms with Crippen LogP contribution in [0.3, 0.4) is 0 Å². The van der Waals surface area contributed by atoms with E-state index in [4.69, 9.17) is 0 Å². The number of benzene rings is 2. The predicted molar refractivity (Wildman–Crippen MR) is 107 cm³/mol. The van der Waals surface area contributed by atoms with Gasteiger partial charge in [-0.05, 0) is 55.1 Å². The molecule has 1 saturated heterocycles. The van der Waals surface area contributed by atoms with Crippen molar-refractivity contribution in [3.05, 3.63) is 71.0 Å². The van der Waals surface area contributed by atoms with Crippen LogP contribution in [0.2, 0.25) is 0 Å². The number of halogens is 1. The SMILES string of the molecule is O=C(CCc1ccccc1F)NCc1ccc(CN2CCCCCC2)cc1. The van der Waals surface area contributed by atoms with Gasteiger partial charge < -0.3 is 5.32 Å². The number of hydrogen-bond acceptors (Lipinski definition) is 2. The zero-order valence-electron chi connectivity index (χ0n) is 15.9. The van der Waals surface area contributed by atoms with E-state index in [1.54, 1.807) is 18.2 Å². The van der Waals surface area contributed by atoms with Gasteiger partial charge in [-0.1, -0.05) is 55.3 Å². The molecule has 3 rings (SSSR count). The first-order valence-corrected chi connectivity index (χ1v) is 10.0. The van der Waals surface area contributed by atoms with Gasteiger partial charge >= 0.3 is 0 Å². The lowest BCUT2D eigenvalue weighted by atomic mass is 10.1. The van der Waals surface area contributed by atoms with E-state index >= 15 is 0 Å². The third-order valence-corrected chi connectivity index (χ3v) is 5.20. The van der Waals surface area contributed by atoms with Crippen LogP contribution < -0.4 is 5.32 Å². The zero-order chi connectivity index (χ0) is 18.9. The van der Waals surface area contributed by atoms with Gasteiger partial charge in [-0.3, -0.25) is 9.69 Å². The fourth-order valence-electron chi connectivity index (χ4n) is 3.55. The molecule has 0 radical (unpaired) electrons. The highest BCUT2D eigenvalue weighted by molar-refractivity contribution is 5.76. The molecule has 1 aliphatic heterocycles. The van der Waals surface area contributed by atoms with Crippen LogP contribution in [0.25, 0.3) is 0 Å². The molecule has 1 amide bonds. The number of carbonyl (C=O) groups excluding carboxylic acids is 1. The Morgan fingerprint density at radius 3 is 2.30 bits per heavy atom. The second kappa shape index (κ2) is 10.2. The molecule has 1 fully saturated rings. The molecule has 0 saturated carbocycles. The summed E-state index contributed by atoms with van der Waals surface area (Å²) in [6, 6.07) is 15.1. The Bertz CT molecular complexity index is 721. The Kier molecular flexibility index (Phi) is 7.40. The average molecular weight is 368 g/mol. The molecular weight excluding hydrogens is 339 g/mol. The fourth-order valence-corrected chi connectivity index (χ4v) is 3.55. The highest BCUT2D eigenvalue weighted by Gasteiger charge is 2.09. The van der Waals surface area contributed by atoms with Crippen molar-refractivity contribution in [3.8, 4) is 0 Å². The van der Waals surface area contributed by atoms with Gasteiger partial charge in [0.25, 0.3) is 0 Å². The number of nitrogens with one attached hydrogen (secondary N) is 1. The van der Waals surface area contributed by atoms with Crippen LogP contribution in [-0.4, -0.2) is 23.9 Å². The van der Waals surface area contributed by atoms with E-state index in [0.29, 0.717) is 24.9 Å². The molecule has 0 aromatic heterocycles. The lowest BCUT2D eigenvalue weighted by Gasteiger charge is -2.19. The molecule has 0 atom stereocenters. The van der Waals surface area contributed by atoms with Crippen molar-refractivity contribution in [1.29, 1.82) is 0 Å². The van der Waals surface area contributed by atoms with Crippen molar-refractivity contribution in [2.24, 2.45) is 0 Å². The van der Waals surface area contributed by atoms with Crippen LogP contribution in [0.4, 0.5) is 4.39 Å². The molecule has 0 aliphatic carbocycles. The molecule has 0 spiro atoms. The quantitative estimate of drug-likeness (QED) is 0.783. The van der Waals surface area contributed by atoms with Crippen molar-refractivity contribution < 1.29 is 9.18 Å². The lowest BCUT2D eigenvalue weighted by Crippen LogP contribution is -2.24. The van der Waals surface area contributed by atoms with Crippen LogP contribution >= 0.6 is 0 Å². The Balaban J connectivity index is 1.41. The summed E-state index contributed by atoms with van der Waals surface area (Å²) in [5.74, 6) is -0.294. The average Bonchev–Trinajstić information content (AvgIpc) is 2.95. The molecule has 27 heavy (non-hydrogen) atoms. The summed E-state index contributed by atoms with van der Waals surface area (Å²) in [7, 11) is 0. The van der Waals surface area contributed by atoms with E-state index in [1.807, 2.05) is 0 Å². The number of aryl methyl sites for hydroxylation is 1. The normalized spacial score (nSPS) is 15.3. The van der Waals surface area contributed by atoms with Gasteiger partial charge in [0.2, 0.25) is 5.91 Å². The molecule has 1 heterocycles. The summed E-state index contributed by atoms with van der Waals surface area (Å²) in [5, 5.41) is 2.93. The molecule has 0 unspecified atom stereocenters. The standard InChI is InChI=1S/C23H29FN2O/c24-22-8-4-3-7-21(22)13-14-23(27)25-17-19-9-11-20(12-10-19)18-26-15-5-1-2-6-16-26/h3-4,7-12H,1-2,5-6,13-18H2,(H,25,27). The molecular formula is C23H29FN2O. The topological polar surface area (TPSA) is 32.3 Å². The number of nitrogens with zero attached hydrogens (tertiary/aromatic N) is 1. The molecule has 2 aromatic carbocycles. The lowest BCUT2D eigenvalue weighted by molar-refractivity contribution is -0.121. The number of rotatable bonds is 7. The third-order valence-electron chi connectivity index (χ3n) is 5.20. The monoisotopic (exact) mass is 368 g/mol. The van der Waals surface area contributed by atoms with Crippen molar-refractivity contribution in [1.82, 2.24) is 10.2 Å². The number of hydrogen-bond donors (Lipinski definition) is 1. The van der Waals surface area contributed by atoms with Crippen LogP contribution in [0.15, 0.2) is 48.5 Å². The predicted octanol–water partition coefficient (Wildman–Crippen LogP) is 4.45. The minimum atomic E-state index is -0.245. The summed E-state index contributed by atoms with van der Waals surface area (Å²) in [6.45, 7) is 3.91. The van der Waals surface area contributed by atoms with E-state index in [1.165, 1.54) is 50.4 Å². The molecule has 144 valence electrons. The van der Waals surface area contributed by atoms with Crippen LogP contribution in [-0.2, 0) is 24.3 Å². The van der Waals surface area contributed by atoms with E-state index in [9.17, 15) is 9.18 Å². The minimum Gasteiger partial charge on any atom is -0.352 e. The summed E-state index contributed by atoms with van der Waals surface area (Å²) >= 11 is 0. The van der Waals surface area contributed by atoms with Gasteiger partial charge in [-0.25, -0.2) is 4.39 Å². The summed E-state index contributed by atoms with van der Waals surface area (Å²) in [6.07, 6.45) is 6.04. The molecule has 0 bridgehead atoms. The number of carbonyl (C=O) groups is 1. The van der Waals surface area contributed by atoms with E-state index < -0.39 is 0 Å². The highest BCUT2D eigenvalue weighted by atomic mass is 19.1. The highest BCUT2D eigenvalue weighted by Crippen LogP contribution is 2.14. The summed E-state index contributed by atoms with van der Waals surface area (Å²) in [5.41, 5.74) is 3.01. The maximum atomic E-state index is 13.6. The van der Waals surface area contributed by atoms with Crippen molar-refractivity contribution in [3.63, 3.8) is 0 Å². The van der Waals surface area contributed by atoms with Crippen LogP contribution in [0.1, 0.15) is 48.8 Å². The Labute approximate surface area is 161 Å². The minimum absolute atomic E-state index is 0.0492. The van der Waals surface area contributed by atoms with E-state index in [-0.39, 0.29) is 11.7 Å². The Hall–Kier alpha value is -2.20. The van der Waals surface area contributed by atoms with Crippen LogP contribution in [0, 0.1) is 5.82 Å². The first kappa shape index (κ1) is 19.6. The first-order valence-electron chi connectivity index (χ1n) is 10.0. The second-order valence-corrected chi connectivity index (χ2v) is 7.37. The maximum absolute atomic E-state index is 13.6. The van der Waals surface area contributed by atoms with Gasteiger partial charge in [-0.15, -0.1) is 0 Å². The fraction of sp³-hybridized carbons (Fsp3) is 0.435. The summed E-state index contributed by atoms with van der Waals surface area (Å²) < 4.78 is 13.6. The van der Waals surface area contributed by atoms with E-state index in [2.05, 4.69) is 34.5 Å². The van der Waals surface area contributed by atoms with Gasteiger partial charge in [0.1, 0.15) is 5.82 Å². The Morgan fingerprint density at radius 1 is 0.926 bits per heavy atom. The van der Waals surface area contributed by atoms with Gasteiger partial charge in [0, 0.05) is 19.5 Å². The van der Waals surface area contributed by atoms with Gasteiger partial charge in [0.05, 0.1) is 0 Å². The van der Waals surface area contributed by atoms with Crippen LogP contribution in [0.5, 0.6) is 0 Å². The smallest absolute Gasteiger partial charge is 0.220 e. The van der Waals surface area contributed by atoms with Crippen molar-refractivity contribution in [2.75, 3.05) is 13.1 Å². The largest absolute Gasteiger partial charge is 0.352 e.